The molecule has 1 aromatic heterocycles. The lowest BCUT2D eigenvalue weighted by Crippen LogP contribution is -2.47. The second-order valence-electron chi connectivity index (χ2n) is 4.45. The number of unbranched alkanes of at least 4 members (excludes halogenated alkanes) is 1. The zero-order chi connectivity index (χ0) is 10.7. The van der Waals surface area contributed by atoms with Crippen LogP contribution in [0.1, 0.15) is 50.9 Å². The molecule has 1 atom stereocenters. The van der Waals surface area contributed by atoms with Gasteiger partial charge in [0.05, 0.1) is 17.6 Å². The highest BCUT2D eigenvalue weighted by Crippen LogP contribution is 2.33. The van der Waals surface area contributed by atoms with E-state index in [1.165, 1.54) is 30.7 Å². The molecule has 1 aliphatic heterocycles. The van der Waals surface area contributed by atoms with Crippen LogP contribution < -0.4 is 5.32 Å². The molecule has 0 saturated heterocycles. The summed E-state index contributed by atoms with van der Waals surface area (Å²) in [4.78, 5) is 7.79. The molecule has 1 aromatic rings. The number of aromatic nitrogens is 2. The van der Waals surface area contributed by atoms with Crippen LogP contribution in [0.4, 0.5) is 0 Å². The minimum atomic E-state index is 0.142. The van der Waals surface area contributed by atoms with E-state index in [9.17, 15) is 0 Å². The standard InChI is InChI=1S/C12H21N3/c1-3-5-7-12(4-2)11-10(6-8-15-12)13-9-14-11/h9,15H,3-8H2,1-2H3,(H,13,14). The Kier molecular flexibility index (Phi) is 3.10. The first-order chi connectivity index (χ1) is 7.32. The molecule has 15 heavy (non-hydrogen) atoms. The zero-order valence-electron chi connectivity index (χ0n) is 9.77. The summed E-state index contributed by atoms with van der Waals surface area (Å²) in [5.41, 5.74) is 2.75. The lowest BCUT2D eigenvalue weighted by molar-refractivity contribution is 0.266. The number of nitrogens with zero attached hydrogens (tertiary/aromatic N) is 1. The van der Waals surface area contributed by atoms with E-state index >= 15 is 0 Å². The van der Waals surface area contributed by atoms with Gasteiger partial charge in [0.1, 0.15) is 0 Å². The number of fused-ring (bicyclic) bond motifs is 1. The Morgan fingerprint density at radius 1 is 1.47 bits per heavy atom. The Morgan fingerprint density at radius 2 is 2.33 bits per heavy atom. The molecule has 0 aromatic carbocycles. The number of hydrogen-bond acceptors (Lipinski definition) is 2. The van der Waals surface area contributed by atoms with Crippen molar-refractivity contribution in [2.24, 2.45) is 0 Å². The van der Waals surface area contributed by atoms with Crippen molar-refractivity contribution < 1.29 is 0 Å². The van der Waals surface area contributed by atoms with Crippen molar-refractivity contribution in [3.8, 4) is 0 Å². The van der Waals surface area contributed by atoms with Crippen LogP contribution in [-0.4, -0.2) is 16.5 Å². The largest absolute Gasteiger partial charge is 0.348 e. The predicted octanol–water partition coefficient (Wildman–Crippen LogP) is 2.35. The first kappa shape index (κ1) is 10.7. The van der Waals surface area contributed by atoms with Gasteiger partial charge in [-0.15, -0.1) is 0 Å². The van der Waals surface area contributed by atoms with Crippen LogP contribution in [0.5, 0.6) is 0 Å². The van der Waals surface area contributed by atoms with E-state index in [2.05, 4.69) is 29.1 Å². The quantitative estimate of drug-likeness (QED) is 0.795. The second kappa shape index (κ2) is 4.35. The molecule has 0 bridgehead atoms. The first-order valence-electron chi connectivity index (χ1n) is 6.10. The van der Waals surface area contributed by atoms with Gasteiger partial charge >= 0.3 is 0 Å². The van der Waals surface area contributed by atoms with Crippen LogP contribution in [0.25, 0.3) is 0 Å². The molecule has 0 spiro atoms. The minimum Gasteiger partial charge on any atom is -0.348 e. The van der Waals surface area contributed by atoms with Crippen molar-refractivity contribution >= 4 is 0 Å². The number of hydrogen-bond donors (Lipinski definition) is 2. The molecule has 0 saturated carbocycles. The highest BCUT2D eigenvalue weighted by molar-refractivity contribution is 5.25. The third-order valence-corrected chi connectivity index (χ3v) is 3.57. The van der Waals surface area contributed by atoms with E-state index in [0.717, 1.165) is 19.4 Å². The molecular formula is C12H21N3. The van der Waals surface area contributed by atoms with Gasteiger partial charge in [-0.05, 0) is 12.8 Å². The summed E-state index contributed by atoms with van der Waals surface area (Å²) in [6.07, 6.45) is 7.79. The molecule has 0 radical (unpaired) electrons. The molecule has 0 fully saturated rings. The highest BCUT2D eigenvalue weighted by Gasteiger charge is 2.36. The molecule has 0 aliphatic carbocycles. The first-order valence-corrected chi connectivity index (χ1v) is 6.10. The van der Waals surface area contributed by atoms with Gasteiger partial charge in [0.2, 0.25) is 0 Å². The molecule has 84 valence electrons. The summed E-state index contributed by atoms with van der Waals surface area (Å²) in [5, 5.41) is 3.68. The zero-order valence-corrected chi connectivity index (χ0v) is 9.77. The molecule has 2 heterocycles. The van der Waals surface area contributed by atoms with Gasteiger partial charge in [-0.2, -0.15) is 0 Å². The number of rotatable bonds is 4. The number of H-pyrrole nitrogens is 1. The Labute approximate surface area is 91.7 Å². The smallest absolute Gasteiger partial charge is 0.0926 e. The van der Waals surface area contributed by atoms with E-state index < -0.39 is 0 Å². The Balaban J connectivity index is 2.26. The van der Waals surface area contributed by atoms with E-state index in [-0.39, 0.29) is 5.54 Å². The fourth-order valence-corrected chi connectivity index (χ4v) is 2.59. The molecule has 3 heteroatoms. The van der Waals surface area contributed by atoms with Crippen molar-refractivity contribution in [1.29, 1.82) is 0 Å². The Bertz CT molecular complexity index is 318. The minimum absolute atomic E-state index is 0.142. The fraction of sp³-hybridized carbons (Fsp3) is 0.750. The second-order valence-corrected chi connectivity index (χ2v) is 4.45. The number of imidazole rings is 1. The fourth-order valence-electron chi connectivity index (χ4n) is 2.59. The average molecular weight is 207 g/mol. The van der Waals surface area contributed by atoms with Gasteiger partial charge in [0.15, 0.2) is 0 Å². The van der Waals surface area contributed by atoms with Gasteiger partial charge in [-0.1, -0.05) is 26.7 Å². The third-order valence-electron chi connectivity index (χ3n) is 3.57. The summed E-state index contributed by atoms with van der Waals surface area (Å²) in [7, 11) is 0. The monoisotopic (exact) mass is 207 g/mol. The highest BCUT2D eigenvalue weighted by atomic mass is 15.1. The van der Waals surface area contributed by atoms with Crippen LogP contribution in [0, 0.1) is 0 Å². The van der Waals surface area contributed by atoms with E-state index in [0.29, 0.717) is 0 Å². The molecule has 1 unspecified atom stereocenters. The Hall–Kier alpha value is -0.830. The maximum Gasteiger partial charge on any atom is 0.0926 e. The topological polar surface area (TPSA) is 40.7 Å². The summed E-state index contributed by atoms with van der Waals surface area (Å²) < 4.78 is 0. The van der Waals surface area contributed by atoms with Gasteiger partial charge < -0.3 is 10.3 Å². The van der Waals surface area contributed by atoms with Crippen molar-refractivity contribution in [3.05, 3.63) is 17.7 Å². The number of nitrogens with one attached hydrogen (secondary N) is 2. The summed E-state index contributed by atoms with van der Waals surface area (Å²) >= 11 is 0. The predicted molar refractivity (Wildman–Crippen MR) is 61.8 cm³/mol. The van der Waals surface area contributed by atoms with Gasteiger partial charge in [0, 0.05) is 18.7 Å². The Morgan fingerprint density at radius 3 is 3.07 bits per heavy atom. The van der Waals surface area contributed by atoms with E-state index in [4.69, 9.17) is 0 Å². The van der Waals surface area contributed by atoms with Crippen LogP contribution in [0.2, 0.25) is 0 Å². The summed E-state index contributed by atoms with van der Waals surface area (Å²) in [6, 6.07) is 0. The van der Waals surface area contributed by atoms with Crippen LogP contribution >= 0.6 is 0 Å². The van der Waals surface area contributed by atoms with Gasteiger partial charge in [-0.3, -0.25) is 0 Å². The summed E-state index contributed by atoms with van der Waals surface area (Å²) in [5.74, 6) is 0. The maximum absolute atomic E-state index is 4.52. The van der Waals surface area contributed by atoms with Crippen molar-refractivity contribution in [2.75, 3.05) is 6.54 Å². The molecule has 0 amide bonds. The van der Waals surface area contributed by atoms with Crippen molar-refractivity contribution in [3.63, 3.8) is 0 Å². The van der Waals surface area contributed by atoms with Gasteiger partial charge in [0.25, 0.3) is 0 Å². The van der Waals surface area contributed by atoms with Crippen molar-refractivity contribution in [2.45, 2.75) is 51.5 Å². The van der Waals surface area contributed by atoms with Gasteiger partial charge in [-0.25, -0.2) is 4.98 Å². The van der Waals surface area contributed by atoms with Crippen LogP contribution in [0.3, 0.4) is 0 Å². The van der Waals surface area contributed by atoms with E-state index in [1.54, 1.807) is 0 Å². The lowest BCUT2D eigenvalue weighted by Gasteiger charge is -2.37. The molecule has 2 N–H and O–H groups in total. The molecule has 3 nitrogen and oxygen atoms in total. The molecular weight excluding hydrogens is 186 g/mol. The molecule has 1 aliphatic rings. The molecule has 2 rings (SSSR count). The maximum atomic E-state index is 4.52. The van der Waals surface area contributed by atoms with Crippen LogP contribution in [0.15, 0.2) is 6.33 Å². The third kappa shape index (κ3) is 1.81. The number of aromatic amines is 1. The normalized spacial score (nSPS) is 25.2. The lowest BCUT2D eigenvalue weighted by atomic mass is 9.82. The van der Waals surface area contributed by atoms with Crippen molar-refractivity contribution in [1.82, 2.24) is 15.3 Å². The SMILES string of the molecule is CCCCC1(CC)NCCc2[nH]cnc21. The van der Waals surface area contributed by atoms with Crippen LogP contribution in [-0.2, 0) is 12.0 Å². The average Bonchev–Trinajstić information content (AvgIpc) is 2.75. The summed E-state index contributed by atoms with van der Waals surface area (Å²) in [6.45, 7) is 5.58. The van der Waals surface area contributed by atoms with E-state index in [1.807, 2.05) is 6.33 Å².